The maximum Gasteiger partial charge on any atom is 0.307 e. The van der Waals surface area contributed by atoms with Gasteiger partial charge in [0.25, 0.3) is 0 Å². The van der Waals surface area contributed by atoms with Crippen molar-refractivity contribution in [3.05, 3.63) is 64.4 Å². The van der Waals surface area contributed by atoms with Crippen molar-refractivity contribution in [3.8, 4) is 5.13 Å². The summed E-state index contributed by atoms with van der Waals surface area (Å²) < 4.78 is 7.15. The molecule has 0 bridgehead atoms. The third-order valence-corrected chi connectivity index (χ3v) is 6.17. The van der Waals surface area contributed by atoms with Gasteiger partial charge in [0.05, 0.1) is 12.1 Å². The molecule has 0 fully saturated rings. The number of nitrogens with zero attached hydrogens (tertiary/aromatic N) is 2. The Morgan fingerprint density at radius 3 is 2.61 bits per heavy atom. The summed E-state index contributed by atoms with van der Waals surface area (Å²) in [4.78, 5) is 30.1. The normalized spacial score (nSPS) is 10.8. The number of rotatable bonds is 8. The topological polar surface area (TPSA) is 61.2 Å². The Hall–Kier alpha value is -2.38. The number of benzene rings is 1. The highest BCUT2D eigenvalue weighted by molar-refractivity contribution is 7.99. The van der Waals surface area contributed by atoms with Gasteiger partial charge in [-0.05, 0) is 39.0 Å². The zero-order chi connectivity index (χ0) is 20.1. The third kappa shape index (κ3) is 4.91. The minimum absolute atomic E-state index is 0.198. The van der Waals surface area contributed by atoms with Crippen LogP contribution in [0.3, 0.4) is 0 Å². The zero-order valence-electron chi connectivity index (χ0n) is 16.1. The summed E-state index contributed by atoms with van der Waals surface area (Å²) in [5.41, 5.74) is 3.26. The van der Waals surface area contributed by atoms with Crippen molar-refractivity contribution in [3.63, 3.8) is 0 Å². The Bertz CT molecular complexity index is 977. The van der Waals surface area contributed by atoms with Gasteiger partial charge >= 0.3 is 5.97 Å². The van der Waals surface area contributed by atoms with Gasteiger partial charge in [0.2, 0.25) is 5.78 Å². The van der Waals surface area contributed by atoms with Crippen molar-refractivity contribution in [1.82, 2.24) is 9.55 Å². The predicted octanol–water partition coefficient (Wildman–Crippen LogP) is 4.77. The predicted molar refractivity (Wildman–Crippen MR) is 113 cm³/mol. The molecule has 0 unspecified atom stereocenters. The highest BCUT2D eigenvalue weighted by atomic mass is 32.2. The number of hydrogen-bond donors (Lipinski definition) is 0. The van der Waals surface area contributed by atoms with Crippen LogP contribution in [0.15, 0.2) is 46.7 Å². The van der Waals surface area contributed by atoms with E-state index in [2.05, 4.69) is 4.98 Å². The molecule has 0 radical (unpaired) electrons. The van der Waals surface area contributed by atoms with Crippen LogP contribution in [-0.4, -0.2) is 33.7 Å². The SMILES string of the molecule is Cc1csc(-n2c(C)cc(C(=O)COC(=O)CCSc3ccccc3)c2C)n1. The second-order valence-electron chi connectivity index (χ2n) is 6.39. The number of carbonyl (C=O) groups excluding carboxylic acids is 2. The van der Waals surface area contributed by atoms with Crippen LogP contribution < -0.4 is 0 Å². The average Bonchev–Trinajstić information content (AvgIpc) is 3.23. The summed E-state index contributed by atoms with van der Waals surface area (Å²) in [6.45, 7) is 5.52. The fraction of sp³-hybridized carbons (Fsp3) is 0.286. The molecule has 0 amide bonds. The molecular formula is C21H22N2O3S2. The number of esters is 1. The molecular weight excluding hydrogens is 392 g/mol. The van der Waals surface area contributed by atoms with E-state index in [1.807, 2.05) is 67.1 Å². The van der Waals surface area contributed by atoms with Crippen LogP contribution in [0.25, 0.3) is 5.13 Å². The first-order chi connectivity index (χ1) is 13.5. The molecule has 28 heavy (non-hydrogen) atoms. The lowest BCUT2D eigenvalue weighted by molar-refractivity contribution is -0.141. The third-order valence-electron chi connectivity index (χ3n) is 4.21. The molecule has 0 atom stereocenters. The van der Waals surface area contributed by atoms with E-state index in [1.54, 1.807) is 11.8 Å². The fourth-order valence-corrected chi connectivity index (χ4v) is 4.61. The standard InChI is InChI=1S/C21H22N2O3S2/c1-14-13-28-21(22-14)23-15(2)11-18(16(23)3)19(24)12-26-20(25)9-10-27-17-7-5-4-6-8-17/h4-8,11,13H,9-10,12H2,1-3H3. The number of ketones is 1. The summed E-state index contributed by atoms with van der Waals surface area (Å²) in [5.74, 6) is 0.0624. The summed E-state index contributed by atoms with van der Waals surface area (Å²) in [5, 5.41) is 2.81. The molecule has 0 saturated heterocycles. The first kappa shape index (κ1) is 20.4. The summed E-state index contributed by atoms with van der Waals surface area (Å²) in [6.07, 6.45) is 0.268. The van der Waals surface area contributed by atoms with Gasteiger partial charge in [-0.3, -0.25) is 14.2 Å². The average molecular weight is 415 g/mol. The van der Waals surface area contributed by atoms with Crippen LogP contribution in [-0.2, 0) is 9.53 Å². The van der Waals surface area contributed by atoms with Gasteiger partial charge in [0, 0.05) is 33.0 Å². The van der Waals surface area contributed by atoms with Crippen molar-refractivity contribution >= 4 is 34.9 Å². The summed E-state index contributed by atoms with van der Waals surface area (Å²) >= 11 is 3.13. The number of carbonyl (C=O) groups is 2. The van der Waals surface area contributed by atoms with E-state index >= 15 is 0 Å². The quantitative estimate of drug-likeness (QED) is 0.302. The number of hydrogen-bond acceptors (Lipinski definition) is 6. The number of Topliss-reactive ketones (excluding diaryl/α,β-unsaturated/α-hetero) is 1. The van der Waals surface area contributed by atoms with Gasteiger partial charge < -0.3 is 4.74 Å². The lowest BCUT2D eigenvalue weighted by Crippen LogP contribution is -2.15. The van der Waals surface area contributed by atoms with E-state index in [0.29, 0.717) is 11.3 Å². The maximum atomic E-state index is 12.6. The monoisotopic (exact) mass is 414 g/mol. The smallest absolute Gasteiger partial charge is 0.307 e. The molecule has 5 nitrogen and oxygen atoms in total. The number of aryl methyl sites for hydroxylation is 2. The molecule has 2 heterocycles. The highest BCUT2D eigenvalue weighted by Crippen LogP contribution is 2.24. The first-order valence-electron chi connectivity index (χ1n) is 8.94. The van der Waals surface area contributed by atoms with E-state index in [4.69, 9.17) is 4.74 Å². The Morgan fingerprint density at radius 1 is 1.18 bits per heavy atom. The molecule has 1 aromatic carbocycles. The van der Waals surface area contributed by atoms with Crippen LogP contribution >= 0.6 is 23.1 Å². The molecule has 0 saturated carbocycles. The summed E-state index contributed by atoms with van der Waals surface area (Å²) in [7, 11) is 0. The molecule has 146 valence electrons. The van der Waals surface area contributed by atoms with E-state index < -0.39 is 0 Å². The molecule has 2 aromatic heterocycles. The summed E-state index contributed by atoms with van der Waals surface area (Å²) in [6, 6.07) is 11.7. The second-order valence-corrected chi connectivity index (χ2v) is 8.39. The van der Waals surface area contributed by atoms with E-state index in [1.165, 1.54) is 11.3 Å². The Labute approximate surface area is 172 Å². The van der Waals surface area contributed by atoms with Gasteiger partial charge in [-0.1, -0.05) is 18.2 Å². The Kier molecular flexibility index (Phi) is 6.70. The van der Waals surface area contributed by atoms with Gasteiger partial charge in [-0.25, -0.2) is 4.98 Å². The molecule has 3 aromatic rings. The van der Waals surface area contributed by atoms with E-state index in [-0.39, 0.29) is 24.8 Å². The van der Waals surface area contributed by atoms with Crippen LogP contribution in [0.2, 0.25) is 0 Å². The van der Waals surface area contributed by atoms with Gasteiger partial charge in [0.1, 0.15) is 0 Å². The Balaban J connectivity index is 1.54. The van der Waals surface area contributed by atoms with Crippen molar-refractivity contribution in [2.75, 3.05) is 12.4 Å². The molecule has 0 aliphatic rings. The van der Waals surface area contributed by atoms with Gasteiger partial charge in [-0.15, -0.1) is 23.1 Å². The van der Waals surface area contributed by atoms with Crippen molar-refractivity contribution < 1.29 is 14.3 Å². The Morgan fingerprint density at radius 2 is 1.93 bits per heavy atom. The maximum absolute atomic E-state index is 12.6. The first-order valence-corrected chi connectivity index (χ1v) is 10.8. The minimum Gasteiger partial charge on any atom is -0.457 e. The van der Waals surface area contributed by atoms with Crippen LogP contribution in [0.4, 0.5) is 0 Å². The van der Waals surface area contributed by atoms with Crippen LogP contribution in [0.5, 0.6) is 0 Å². The van der Waals surface area contributed by atoms with Crippen molar-refractivity contribution in [2.45, 2.75) is 32.1 Å². The number of aromatic nitrogens is 2. The van der Waals surface area contributed by atoms with E-state index in [9.17, 15) is 9.59 Å². The lowest BCUT2D eigenvalue weighted by atomic mass is 10.1. The van der Waals surface area contributed by atoms with Crippen molar-refractivity contribution in [1.29, 1.82) is 0 Å². The molecule has 0 N–H and O–H groups in total. The molecule has 0 spiro atoms. The highest BCUT2D eigenvalue weighted by Gasteiger charge is 2.19. The van der Waals surface area contributed by atoms with Crippen LogP contribution in [0, 0.1) is 20.8 Å². The molecule has 7 heteroatoms. The molecule has 3 rings (SSSR count). The number of thioether (sulfide) groups is 1. The van der Waals surface area contributed by atoms with Crippen LogP contribution in [0.1, 0.15) is 33.9 Å². The minimum atomic E-state index is -0.360. The van der Waals surface area contributed by atoms with Gasteiger partial charge in [0.15, 0.2) is 11.7 Å². The van der Waals surface area contributed by atoms with Crippen molar-refractivity contribution in [2.24, 2.45) is 0 Å². The molecule has 0 aliphatic carbocycles. The van der Waals surface area contributed by atoms with Gasteiger partial charge in [-0.2, -0.15) is 0 Å². The lowest BCUT2D eigenvalue weighted by Gasteiger charge is -2.06. The zero-order valence-corrected chi connectivity index (χ0v) is 17.7. The van der Waals surface area contributed by atoms with E-state index in [0.717, 1.165) is 27.1 Å². The number of ether oxygens (including phenoxy) is 1. The largest absolute Gasteiger partial charge is 0.457 e. The fourth-order valence-electron chi connectivity index (χ4n) is 2.85. The second kappa shape index (κ2) is 9.21. The number of thiazole rings is 1. The molecule has 0 aliphatic heterocycles.